The van der Waals surface area contributed by atoms with Gasteiger partial charge in [-0.3, -0.25) is 4.79 Å². The Hall–Kier alpha value is -3.05. The fourth-order valence-corrected chi connectivity index (χ4v) is 4.86. The Morgan fingerprint density at radius 1 is 1.06 bits per heavy atom. The second kappa shape index (κ2) is 11.9. The lowest BCUT2D eigenvalue weighted by molar-refractivity contribution is -0.116. The van der Waals surface area contributed by atoms with E-state index in [0.717, 1.165) is 37.2 Å². The van der Waals surface area contributed by atoms with Gasteiger partial charge in [0.25, 0.3) is 0 Å². The van der Waals surface area contributed by atoms with Crippen LogP contribution in [0.5, 0.6) is 0 Å². The molecule has 1 amide bonds. The minimum absolute atomic E-state index is 0.0176. The molecule has 1 aliphatic heterocycles. The van der Waals surface area contributed by atoms with Gasteiger partial charge < -0.3 is 20.1 Å². The summed E-state index contributed by atoms with van der Waals surface area (Å²) in [6.45, 7) is 4.27. The van der Waals surface area contributed by atoms with E-state index >= 15 is 0 Å². The van der Waals surface area contributed by atoms with E-state index in [-0.39, 0.29) is 5.91 Å². The van der Waals surface area contributed by atoms with Gasteiger partial charge in [0.05, 0.1) is 0 Å². The molecule has 0 unspecified atom stereocenters. The second-order valence-corrected chi connectivity index (χ2v) is 9.58. The highest BCUT2D eigenvalue weighted by molar-refractivity contribution is 5.91. The molecule has 1 saturated heterocycles. The van der Waals surface area contributed by atoms with Crippen LogP contribution in [0.3, 0.4) is 0 Å². The number of amides is 1. The van der Waals surface area contributed by atoms with Crippen molar-refractivity contribution in [1.82, 2.24) is 15.2 Å². The lowest BCUT2D eigenvalue weighted by Gasteiger charge is -2.32. The van der Waals surface area contributed by atoms with Crippen LogP contribution in [-0.4, -0.2) is 56.1 Å². The van der Waals surface area contributed by atoms with Crippen molar-refractivity contribution in [2.45, 2.75) is 38.0 Å². The number of nitrogens with one attached hydrogen (secondary N) is 2. The summed E-state index contributed by atoms with van der Waals surface area (Å²) in [5.74, 6) is 0.651. The monoisotopic (exact) mass is 458 g/mol. The van der Waals surface area contributed by atoms with Gasteiger partial charge in [-0.05, 0) is 86.6 Å². The van der Waals surface area contributed by atoms with Gasteiger partial charge in [0.15, 0.2) is 0 Å². The maximum atomic E-state index is 12.1. The molecule has 0 aliphatic carbocycles. The van der Waals surface area contributed by atoms with E-state index in [0.29, 0.717) is 5.92 Å². The third-order valence-corrected chi connectivity index (χ3v) is 6.94. The van der Waals surface area contributed by atoms with Gasteiger partial charge in [-0.15, -0.1) is 0 Å². The average molecular weight is 459 g/mol. The molecule has 1 aliphatic rings. The first-order valence-corrected chi connectivity index (χ1v) is 12.6. The number of anilines is 1. The van der Waals surface area contributed by atoms with E-state index in [4.69, 9.17) is 0 Å². The summed E-state index contributed by atoms with van der Waals surface area (Å²) in [5, 5.41) is 4.40. The number of aromatic amines is 1. The van der Waals surface area contributed by atoms with Crippen LogP contribution in [0.25, 0.3) is 17.0 Å². The molecule has 0 saturated carbocycles. The predicted octanol–water partition coefficient (Wildman–Crippen LogP) is 5.41. The normalized spacial score (nSPS) is 15.2. The number of hydrogen-bond acceptors (Lipinski definition) is 3. The van der Waals surface area contributed by atoms with Gasteiger partial charge in [-0.25, -0.2) is 0 Å². The highest BCUT2D eigenvalue weighted by Gasteiger charge is 2.22. The van der Waals surface area contributed by atoms with Gasteiger partial charge in [0.2, 0.25) is 5.91 Å². The Bertz CT molecular complexity index is 1070. The largest absolute Gasteiger partial charge is 0.378 e. The number of piperidine rings is 1. The van der Waals surface area contributed by atoms with Crippen LogP contribution in [0, 0.1) is 0 Å². The van der Waals surface area contributed by atoms with E-state index in [1.807, 2.05) is 32.3 Å². The number of carbonyl (C=O) groups is 1. The molecule has 5 nitrogen and oxygen atoms in total. The standard InChI is InChI=1S/C29H38N4O/c1-32(2)25-13-10-23(11-14-25)12-15-29(34)30-18-6-3-7-19-33-20-16-24(17-21-33)27-22-31-28-9-5-4-8-26(27)28/h4-5,8-15,22,24,31H,3,6-7,16-21H2,1-2H3,(H,30,34)/b15-12+. The van der Waals surface area contributed by atoms with Crippen molar-refractivity contribution >= 4 is 28.6 Å². The molecule has 2 heterocycles. The van der Waals surface area contributed by atoms with Crippen molar-refractivity contribution in [3.05, 3.63) is 71.9 Å². The minimum atomic E-state index is -0.0176. The maximum Gasteiger partial charge on any atom is 0.243 e. The van der Waals surface area contributed by atoms with E-state index in [9.17, 15) is 4.79 Å². The second-order valence-electron chi connectivity index (χ2n) is 9.58. The van der Waals surface area contributed by atoms with Crippen molar-refractivity contribution in [3.8, 4) is 0 Å². The maximum absolute atomic E-state index is 12.1. The number of benzene rings is 2. The number of fused-ring (bicyclic) bond motifs is 1. The smallest absolute Gasteiger partial charge is 0.243 e. The number of H-pyrrole nitrogens is 1. The van der Waals surface area contributed by atoms with Gasteiger partial charge in [0.1, 0.15) is 0 Å². The fourth-order valence-electron chi connectivity index (χ4n) is 4.86. The molecule has 5 heteroatoms. The quantitative estimate of drug-likeness (QED) is 0.315. The Balaban J connectivity index is 1.08. The highest BCUT2D eigenvalue weighted by Crippen LogP contribution is 2.33. The summed E-state index contributed by atoms with van der Waals surface area (Å²) < 4.78 is 0. The molecule has 0 bridgehead atoms. The van der Waals surface area contributed by atoms with Crippen molar-refractivity contribution in [3.63, 3.8) is 0 Å². The zero-order chi connectivity index (χ0) is 23.8. The molecule has 34 heavy (non-hydrogen) atoms. The number of likely N-dealkylation sites (tertiary alicyclic amines) is 1. The number of nitrogens with zero attached hydrogens (tertiary/aromatic N) is 2. The number of hydrogen-bond donors (Lipinski definition) is 2. The van der Waals surface area contributed by atoms with Crippen LogP contribution >= 0.6 is 0 Å². The number of unbranched alkanes of at least 4 members (excludes halogenated alkanes) is 2. The first-order chi connectivity index (χ1) is 16.6. The Kier molecular flexibility index (Phi) is 8.42. The molecule has 2 N–H and O–H groups in total. The van der Waals surface area contributed by atoms with Crippen molar-refractivity contribution < 1.29 is 4.79 Å². The van der Waals surface area contributed by atoms with Gasteiger partial charge in [0, 0.05) is 49.5 Å². The molecule has 1 fully saturated rings. The summed E-state index contributed by atoms with van der Waals surface area (Å²) in [5.41, 5.74) is 4.93. The van der Waals surface area contributed by atoms with E-state index < -0.39 is 0 Å². The Morgan fingerprint density at radius 2 is 1.82 bits per heavy atom. The van der Waals surface area contributed by atoms with Crippen molar-refractivity contribution in [2.75, 3.05) is 45.2 Å². The third-order valence-electron chi connectivity index (χ3n) is 6.94. The van der Waals surface area contributed by atoms with E-state index in [2.05, 4.69) is 62.7 Å². The molecular weight excluding hydrogens is 420 g/mol. The molecule has 1 aromatic heterocycles. The van der Waals surface area contributed by atoms with Gasteiger partial charge in [-0.2, -0.15) is 0 Å². The molecule has 180 valence electrons. The molecule has 0 radical (unpaired) electrons. The Labute approximate surface area is 203 Å². The highest BCUT2D eigenvalue weighted by atomic mass is 16.1. The number of rotatable bonds is 10. The summed E-state index contributed by atoms with van der Waals surface area (Å²) in [6, 6.07) is 16.8. The lowest BCUT2D eigenvalue weighted by atomic mass is 9.89. The zero-order valence-corrected chi connectivity index (χ0v) is 20.6. The van der Waals surface area contributed by atoms with E-state index in [1.54, 1.807) is 6.08 Å². The van der Waals surface area contributed by atoms with Crippen LogP contribution in [0.15, 0.2) is 60.8 Å². The van der Waals surface area contributed by atoms with Crippen LogP contribution in [0.4, 0.5) is 5.69 Å². The molecule has 4 rings (SSSR count). The summed E-state index contributed by atoms with van der Waals surface area (Å²) >= 11 is 0. The average Bonchev–Trinajstić information content (AvgIpc) is 3.30. The van der Waals surface area contributed by atoms with Crippen LogP contribution in [0.2, 0.25) is 0 Å². The zero-order valence-electron chi connectivity index (χ0n) is 20.6. The summed E-state index contributed by atoms with van der Waals surface area (Å²) in [7, 11) is 4.04. The number of para-hydroxylation sites is 1. The molecular formula is C29H38N4O. The van der Waals surface area contributed by atoms with Gasteiger partial charge in [-0.1, -0.05) is 36.8 Å². The van der Waals surface area contributed by atoms with Gasteiger partial charge >= 0.3 is 0 Å². The van der Waals surface area contributed by atoms with E-state index in [1.165, 1.54) is 48.8 Å². The molecule has 2 aromatic carbocycles. The Morgan fingerprint density at radius 3 is 2.59 bits per heavy atom. The summed E-state index contributed by atoms with van der Waals surface area (Å²) in [4.78, 5) is 20.2. The minimum Gasteiger partial charge on any atom is -0.378 e. The van der Waals surface area contributed by atoms with Crippen LogP contribution < -0.4 is 10.2 Å². The van der Waals surface area contributed by atoms with Crippen molar-refractivity contribution in [2.24, 2.45) is 0 Å². The molecule has 0 spiro atoms. The number of aromatic nitrogens is 1. The van der Waals surface area contributed by atoms with Crippen LogP contribution in [-0.2, 0) is 4.79 Å². The predicted molar refractivity (Wildman–Crippen MR) is 143 cm³/mol. The summed E-state index contributed by atoms with van der Waals surface area (Å²) in [6.07, 6.45) is 11.6. The van der Waals surface area contributed by atoms with Crippen molar-refractivity contribution in [1.29, 1.82) is 0 Å². The SMILES string of the molecule is CN(C)c1ccc(/C=C/C(=O)NCCCCCN2CCC(c3c[nH]c4ccccc34)CC2)cc1. The number of carbonyl (C=O) groups excluding carboxylic acids is 1. The first kappa shape index (κ1) is 24.1. The topological polar surface area (TPSA) is 51.4 Å². The third kappa shape index (κ3) is 6.51. The first-order valence-electron chi connectivity index (χ1n) is 12.6. The lowest BCUT2D eigenvalue weighted by Crippen LogP contribution is -2.33. The van der Waals surface area contributed by atoms with Crippen LogP contribution in [0.1, 0.15) is 49.1 Å². The molecule has 3 aromatic rings. The molecule has 0 atom stereocenters. The fraction of sp³-hybridized carbons (Fsp3) is 0.414.